The van der Waals surface area contributed by atoms with Gasteiger partial charge in [0.25, 0.3) is 5.91 Å². The highest BCUT2D eigenvalue weighted by molar-refractivity contribution is 8.01. The van der Waals surface area contributed by atoms with Gasteiger partial charge >= 0.3 is 12.1 Å². The fourth-order valence-corrected chi connectivity index (χ4v) is 4.58. The number of ether oxygens (including phenoxy) is 1. The molecule has 2 atom stereocenters. The van der Waals surface area contributed by atoms with Crippen molar-refractivity contribution in [2.24, 2.45) is 0 Å². The van der Waals surface area contributed by atoms with Gasteiger partial charge in [0, 0.05) is 17.9 Å². The van der Waals surface area contributed by atoms with Gasteiger partial charge in [-0.3, -0.25) is 9.59 Å². The Hall–Kier alpha value is -2.23. The van der Waals surface area contributed by atoms with Crippen LogP contribution in [0, 0.1) is 0 Å². The van der Waals surface area contributed by atoms with E-state index in [2.05, 4.69) is 5.32 Å². The molecule has 1 N–H and O–H groups in total. The average Bonchev–Trinajstić information content (AvgIpc) is 3.09. The second kappa shape index (κ2) is 7.06. The summed E-state index contributed by atoms with van der Waals surface area (Å²) >= 11 is 1.51. The number of carbonyl (C=O) groups excluding carboxylic acids is 3. The molecule has 0 aliphatic carbocycles. The molecule has 2 saturated heterocycles. The lowest BCUT2D eigenvalue weighted by Gasteiger charge is -2.29. The summed E-state index contributed by atoms with van der Waals surface area (Å²) in [7, 11) is 0. The van der Waals surface area contributed by atoms with E-state index in [4.69, 9.17) is 4.74 Å². The second-order valence-electron chi connectivity index (χ2n) is 6.50. The Morgan fingerprint density at radius 1 is 1.33 bits per heavy atom. The minimum Gasteiger partial charge on any atom is -0.454 e. The number of alkyl halides is 3. The van der Waals surface area contributed by atoms with Gasteiger partial charge in [0.2, 0.25) is 5.91 Å². The Bertz CT molecular complexity index is 768. The van der Waals surface area contributed by atoms with Crippen LogP contribution in [0.5, 0.6) is 0 Å². The molecule has 0 bridgehead atoms. The van der Waals surface area contributed by atoms with Crippen LogP contribution in [-0.4, -0.2) is 46.0 Å². The SMILES string of the molecule is C[C@@]12CCC(=O)N1[C@@H](C(=O)OCC(=O)Nc1ccc(C(F)(F)F)cc1)CS2. The maximum atomic E-state index is 12.5. The summed E-state index contributed by atoms with van der Waals surface area (Å²) in [6, 6.07) is 3.19. The largest absolute Gasteiger partial charge is 0.454 e. The molecule has 0 saturated carbocycles. The molecule has 0 unspecified atom stereocenters. The number of benzene rings is 1. The first-order valence-corrected chi connectivity index (χ1v) is 9.18. The predicted octanol–water partition coefficient (Wildman–Crippen LogP) is 2.64. The number of fused-ring (bicyclic) bond motifs is 1. The summed E-state index contributed by atoms with van der Waals surface area (Å²) in [6.07, 6.45) is -3.42. The molecule has 146 valence electrons. The summed E-state index contributed by atoms with van der Waals surface area (Å²) in [6.45, 7) is 1.31. The molecule has 1 aromatic rings. The highest BCUT2D eigenvalue weighted by Gasteiger charge is 2.53. The molecule has 2 aliphatic rings. The molecule has 0 radical (unpaired) electrons. The number of carbonyl (C=O) groups is 3. The van der Waals surface area contributed by atoms with Gasteiger partial charge in [-0.2, -0.15) is 13.2 Å². The lowest BCUT2D eigenvalue weighted by molar-refractivity contribution is -0.155. The van der Waals surface area contributed by atoms with E-state index < -0.39 is 41.1 Å². The summed E-state index contributed by atoms with van der Waals surface area (Å²) in [5, 5.41) is 2.36. The average molecular weight is 402 g/mol. The van der Waals surface area contributed by atoms with Crippen LogP contribution in [0.3, 0.4) is 0 Å². The monoisotopic (exact) mass is 402 g/mol. The van der Waals surface area contributed by atoms with Gasteiger partial charge in [-0.05, 0) is 37.6 Å². The Kier molecular flexibility index (Phi) is 5.11. The summed E-state index contributed by atoms with van der Waals surface area (Å²) < 4.78 is 42.5. The van der Waals surface area contributed by atoms with Crippen molar-refractivity contribution in [3.63, 3.8) is 0 Å². The Labute approximate surface area is 157 Å². The van der Waals surface area contributed by atoms with Gasteiger partial charge < -0.3 is 15.0 Å². The van der Waals surface area contributed by atoms with Crippen LogP contribution in [0.15, 0.2) is 24.3 Å². The number of halogens is 3. The number of esters is 1. The molecular weight excluding hydrogens is 385 g/mol. The van der Waals surface area contributed by atoms with Crippen molar-refractivity contribution in [3.05, 3.63) is 29.8 Å². The van der Waals surface area contributed by atoms with E-state index in [1.165, 1.54) is 16.7 Å². The lowest BCUT2D eigenvalue weighted by atomic mass is 10.2. The maximum absolute atomic E-state index is 12.5. The zero-order valence-corrected chi connectivity index (χ0v) is 15.2. The van der Waals surface area contributed by atoms with Gasteiger partial charge in [-0.15, -0.1) is 11.8 Å². The minimum absolute atomic E-state index is 0.112. The number of hydrogen-bond acceptors (Lipinski definition) is 5. The molecule has 2 fully saturated rings. The molecular formula is C17H17F3N2O4S. The van der Waals surface area contributed by atoms with Crippen LogP contribution in [0.2, 0.25) is 0 Å². The third-order valence-electron chi connectivity index (χ3n) is 4.56. The van der Waals surface area contributed by atoms with Crippen LogP contribution >= 0.6 is 11.8 Å². The molecule has 2 heterocycles. The molecule has 27 heavy (non-hydrogen) atoms. The highest BCUT2D eigenvalue weighted by atomic mass is 32.2. The van der Waals surface area contributed by atoms with Crippen LogP contribution in [-0.2, 0) is 25.3 Å². The number of hydrogen-bond donors (Lipinski definition) is 1. The van der Waals surface area contributed by atoms with Gasteiger partial charge in [0.15, 0.2) is 6.61 Å². The van der Waals surface area contributed by atoms with Crippen molar-refractivity contribution >= 4 is 35.2 Å². The van der Waals surface area contributed by atoms with Crippen molar-refractivity contribution in [2.45, 2.75) is 36.9 Å². The molecule has 10 heteroatoms. The van der Waals surface area contributed by atoms with Crippen LogP contribution < -0.4 is 5.32 Å². The van der Waals surface area contributed by atoms with E-state index in [9.17, 15) is 27.6 Å². The van der Waals surface area contributed by atoms with Crippen LogP contribution in [0.4, 0.5) is 18.9 Å². The number of nitrogens with one attached hydrogen (secondary N) is 1. The first-order chi connectivity index (χ1) is 12.6. The molecule has 2 aliphatic heterocycles. The topological polar surface area (TPSA) is 75.7 Å². The molecule has 3 rings (SSSR count). The van der Waals surface area contributed by atoms with Crippen molar-refractivity contribution < 1.29 is 32.3 Å². The number of thioether (sulfide) groups is 1. The summed E-state index contributed by atoms with van der Waals surface area (Å²) in [5.74, 6) is -1.05. The Morgan fingerprint density at radius 2 is 2.00 bits per heavy atom. The molecule has 2 amide bonds. The maximum Gasteiger partial charge on any atom is 0.416 e. The zero-order valence-electron chi connectivity index (χ0n) is 14.3. The van der Waals surface area contributed by atoms with Crippen LogP contribution in [0.25, 0.3) is 0 Å². The molecule has 0 aromatic heterocycles. The van der Waals surface area contributed by atoms with E-state index in [0.717, 1.165) is 24.3 Å². The van der Waals surface area contributed by atoms with Crippen molar-refractivity contribution in [3.8, 4) is 0 Å². The van der Waals surface area contributed by atoms with Crippen molar-refractivity contribution in [2.75, 3.05) is 17.7 Å². The van der Waals surface area contributed by atoms with Crippen molar-refractivity contribution in [1.82, 2.24) is 4.90 Å². The highest BCUT2D eigenvalue weighted by Crippen LogP contribution is 2.47. The normalized spacial score (nSPS) is 24.7. The van der Waals surface area contributed by atoms with Gasteiger partial charge in [-0.1, -0.05) is 0 Å². The van der Waals surface area contributed by atoms with E-state index in [0.29, 0.717) is 18.6 Å². The first-order valence-electron chi connectivity index (χ1n) is 8.20. The number of rotatable bonds is 4. The fourth-order valence-electron chi connectivity index (χ4n) is 3.17. The smallest absolute Gasteiger partial charge is 0.416 e. The lowest BCUT2D eigenvalue weighted by Crippen LogP contribution is -2.47. The third-order valence-corrected chi connectivity index (χ3v) is 6.06. The molecule has 0 spiro atoms. The third kappa shape index (κ3) is 4.05. The van der Waals surface area contributed by atoms with Crippen LogP contribution in [0.1, 0.15) is 25.3 Å². The molecule has 1 aromatic carbocycles. The van der Waals surface area contributed by atoms with Crippen molar-refractivity contribution in [1.29, 1.82) is 0 Å². The van der Waals surface area contributed by atoms with E-state index in [1.54, 1.807) is 0 Å². The number of anilines is 1. The van der Waals surface area contributed by atoms with Gasteiger partial charge in [0.05, 0.1) is 10.4 Å². The van der Waals surface area contributed by atoms with Gasteiger partial charge in [0.1, 0.15) is 6.04 Å². The number of nitrogens with zero attached hydrogens (tertiary/aromatic N) is 1. The Balaban J connectivity index is 1.52. The standard InChI is InChI=1S/C17H17F3N2O4S/c1-16-7-6-14(24)22(16)12(9-27-16)15(25)26-8-13(23)21-11-4-2-10(3-5-11)17(18,19)20/h2-5,12H,6-9H2,1H3,(H,21,23)/t12-,16-/m1/s1. The zero-order chi connectivity index (χ0) is 19.8. The first kappa shape index (κ1) is 19.5. The quantitative estimate of drug-likeness (QED) is 0.784. The fraction of sp³-hybridized carbons (Fsp3) is 0.471. The Morgan fingerprint density at radius 3 is 2.63 bits per heavy atom. The summed E-state index contributed by atoms with van der Waals surface area (Å²) in [4.78, 5) is 37.2. The van der Waals surface area contributed by atoms with E-state index in [1.807, 2.05) is 6.92 Å². The van der Waals surface area contributed by atoms with E-state index >= 15 is 0 Å². The van der Waals surface area contributed by atoms with Gasteiger partial charge in [-0.25, -0.2) is 4.79 Å². The molecule has 6 nitrogen and oxygen atoms in total. The minimum atomic E-state index is -4.46. The second-order valence-corrected chi connectivity index (χ2v) is 8.00. The number of amides is 2. The van der Waals surface area contributed by atoms with E-state index in [-0.39, 0.29) is 11.6 Å². The predicted molar refractivity (Wildman–Crippen MR) is 91.8 cm³/mol. The summed E-state index contributed by atoms with van der Waals surface area (Å²) in [5.41, 5.74) is -0.674.